The molecule has 0 fully saturated rings. The highest BCUT2D eigenvalue weighted by molar-refractivity contribution is 6.30. The molecule has 0 aliphatic rings. The van der Waals surface area contributed by atoms with Crippen molar-refractivity contribution in [1.82, 2.24) is 15.0 Å². The number of nitrogens with zero attached hydrogens (tertiary/aromatic N) is 3. The fourth-order valence-corrected chi connectivity index (χ4v) is 1.88. The molecule has 2 N–H and O–H groups in total. The first-order chi connectivity index (χ1) is 8.13. The average molecular weight is 251 g/mol. The van der Waals surface area contributed by atoms with E-state index >= 15 is 0 Å². The van der Waals surface area contributed by atoms with Crippen LogP contribution in [0.1, 0.15) is 11.3 Å². The van der Waals surface area contributed by atoms with Crippen LogP contribution in [0.15, 0.2) is 30.5 Å². The minimum absolute atomic E-state index is 0.0490. The quantitative estimate of drug-likeness (QED) is 0.897. The van der Waals surface area contributed by atoms with E-state index in [4.69, 9.17) is 17.3 Å². The van der Waals surface area contributed by atoms with Crippen molar-refractivity contribution in [2.45, 2.75) is 18.9 Å². The van der Waals surface area contributed by atoms with Crippen LogP contribution in [-0.2, 0) is 19.9 Å². The van der Waals surface area contributed by atoms with Gasteiger partial charge in [-0.2, -0.15) is 0 Å². The van der Waals surface area contributed by atoms with Crippen LogP contribution < -0.4 is 5.73 Å². The Hall–Kier alpha value is -1.39. The molecule has 1 aromatic carbocycles. The molecule has 0 amide bonds. The van der Waals surface area contributed by atoms with E-state index in [0.29, 0.717) is 0 Å². The van der Waals surface area contributed by atoms with Gasteiger partial charge >= 0.3 is 0 Å². The Balaban J connectivity index is 1.93. The molecule has 1 atom stereocenters. The summed E-state index contributed by atoms with van der Waals surface area (Å²) in [6.45, 7) is 0. The van der Waals surface area contributed by atoms with E-state index in [1.165, 1.54) is 5.56 Å². The molecular formula is C12H15ClN4. The molecular weight excluding hydrogens is 236 g/mol. The van der Waals surface area contributed by atoms with Crippen molar-refractivity contribution >= 4 is 11.6 Å². The van der Waals surface area contributed by atoms with Gasteiger partial charge in [0.2, 0.25) is 0 Å². The van der Waals surface area contributed by atoms with Crippen molar-refractivity contribution in [1.29, 1.82) is 0 Å². The van der Waals surface area contributed by atoms with Gasteiger partial charge in [0.25, 0.3) is 0 Å². The van der Waals surface area contributed by atoms with Crippen molar-refractivity contribution < 1.29 is 0 Å². The lowest BCUT2D eigenvalue weighted by atomic mass is 10.0. The number of nitrogens with two attached hydrogens (primary N) is 1. The summed E-state index contributed by atoms with van der Waals surface area (Å²) in [4.78, 5) is 0. The predicted molar refractivity (Wildman–Crippen MR) is 67.8 cm³/mol. The number of rotatable bonds is 4. The van der Waals surface area contributed by atoms with Crippen LogP contribution in [-0.4, -0.2) is 21.0 Å². The number of aryl methyl sites for hydroxylation is 1. The third-order valence-electron chi connectivity index (χ3n) is 2.53. The summed E-state index contributed by atoms with van der Waals surface area (Å²) in [5.74, 6) is 0. The Morgan fingerprint density at radius 3 is 2.59 bits per heavy atom. The second-order valence-corrected chi connectivity index (χ2v) is 4.61. The molecule has 0 saturated carbocycles. The maximum absolute atomic E-state index is 6.08. The molecule has 2 aromatic rings. The molecule has 90 valence electrons. The van der Waals surface area contributed by atoms with Crippen LogP contribution in [0.25, 0.3) is 0 Å². The Morgan fingerprint density at radius 1 is 1.29 bits per heavy atom. The van der Waals surface area contributed by atoms with E-state index in [1.807, 2.05) is 37.5 Å². The number of benzene rings is 1. The highest BCUT2D eigenvalue weighted by Gasteiger charge is 2.08. The molecule has 1 aromatic heterocycles. The maximum atomic E-state index is 6.08. The Labute approximate surface area is 105 Å². The lowest BCUT2D eigenvalue weighted by molar-refractivity contribution is 0.651. The van der Waals surface area contributed by atoms with Gasteiger partial charge in [0.05, 0.1) is 5.69 Å². The van der Waals surface area contributed by atoms with E-state index in [0.717, 1.165) is 23.6 Å². The lowest BCUT2D eigenvalue weighted by Crippen LogP contribution is -2.25. The predicted octanol–water partition coefficient (Wildman–Crippen LogP) is 1.58. The van der Waals surface area contributed by atoms with Crippen molar-refractivity contribution in [2.24, 2.45) is 12.8 Å². The molecule has 1 unspecified atom stereocenters. The van der Waals surface area contributed by atoms with Gasteiger partial charge in [0.1, 0.15) is 0 Å². The fraction of sp³-hybridized carbons (Fsp3) is 0.333. The summed E-state index contributed by atoms with van der Waals surface area (Å²) in [6, 6.07) is 7.81. The number of hydrogen-bond donors (Lipinski definition) is 1. The lowest BCUT2D eigenvalue weighted by Gasteiger charge is -2.09. The monoisotopic (exact) mass is 250 g/mol. The average Bonchev–Trinajstić information content (AvgIpc) is 2.67. The second kappa shape index (κ2) is 5.29. The van der Waals surface area contributed by atoms with Crippen molar-refractivity contribution in [3.8, 4) is 0 Å². The van der Waals surface area contributed by atoms with Crippen LogP contribution in [0.5, 0.6) is 0 Å². The first-order valence-electron chi connectivity index (χ1n) is 5.48. The molecule has 1 heterocycles. The molecule has 2 rings (SSSR count). The molecule has 0 saturated heterocycles. The molecule has 0 spiro atoms. The molecule has 17 heavy (non-hydrogen) atoms. The minimum atomic E-state index is 0.0490. The van der Waals surface area contributed by atoms with E-state index in [1.54, 1.807) is 4.68 Å². The van der Waals surface area contributed by atoms with Crippen molar-refractivity contribution in [3.05, 3.63) is 46.7 Å². The first-order valence-corrected chi connectivity index (χ1v) is 5.86. The zero-order valence-electron chi connectivity index (χ0n) is 9.68. The smallest absolute Gasteiger partial charge is 0.0842 e. The molecule has 0 radical (unpaired) electrons. The highest BCUT2D eigenvalue weighted by atomic mass is 35.5. The van der Waals surface area contributed by atoms with E-state index in [9.17, 15) is 0 Å². The van der Waals surface area contributed by atoms with Crippen LogP contribution in [0.4, 0.5) is 0 Å². The zero-order valence-corrected chi connectivity index (χ0v) is 10.4. The molecule has 0 bridgehead atoms. The molecule has 5 heteroatoms. The molecule has 4 nitrogen and oxygen atoms in total. The number of aromatic nitrogens is 3. The summed E-state index contributed by atoms with van der Waals surface area (Å²) in [7, 11) is 1.85. The Kier molecular flexibility index (Phi) is 3.76. The number of halogens is 1. The van der Waals surface area contributed by atoms with Crippen molar-refractivity contribution in [2.75, 3.05) is 0 Å². The summed E-state index contributed by atoms with van der Waals surface area (Å²) in [5.41, 5.74) is 8.19. The standard InChI is InChI=1S/C12H15ClN4/c1-17-8-12(15-16-17)7-11(14)6-9-2-4-10(13)5-3-9/h2-5,8,11H,6-7,14H2,1H3. The molecule has 0 aliphatic carbocycles. The maximum Gasteiger partial charge on any atom is 0.0842 e. The summed E-state index contributed by atoms with van der Waals surface area (Å²) < 4.78 is 1.68. The van der Waals surface area contributed by atoms with Gasteiger partial charge in [-0.1, -0.05) is 28.9 Å². The Bertz CT molecular complexity index is 478. The van der Waals surface area contributed by atoms with Gasteiger partial charge in [-0.3, -0.25) is 4.68 Å². The van der Waals surface area contributed by atoms with E-state index in [-0.39, 0.29) is 6.04 Å². The fourth-order valence-electron chi connectivity index (χ4n) is 1.75. The zero-order chi connectivity index (χ0) is 12.3. The summed E-state index contributed by atoms with van der Waals surface area (Å²) in [5, 5.41) is 8.65. The second-order valence-electron chi connectivity index (χ2n) is 4.18. The van der Waals surface area contributed by atoms with Gasteiger partial charge in [-0.05, 0) is 24.1 Å². The van der Waals surface area contributed by atoms with Gasteiger partial charge in [-0.25, -0.2) is 0 Å². The van der Waals surface area contributed by atoms with Crippen molar-refractivity contribution in [3.63, 3.8) is 0 Å². The minimum Gasteiger partial charge on any atom is -0.327 e. The third kappa shape index (κ3) is 3.54. The summed E-state index contributed by atoms with van der Waals surface area (Å²) in [6.07, 6.45) is 3.44. The van der Waals surface area contributed by atoms with Gasteiger partial charge in [0, 0.05) is 30.7 Å². The van der Waals surface area contributed by atoms with Crippen LogP contribution in [0.3, 0.4) is 0 Å². The van der Waals surface area contributed by atoms with Gasteiger partial charge in [0.15, 0.2) is 0 Å². The normalized spacial score (nSPS) is 12.6. The molecule has 0 aliphatic heterocycles. The van der Waals surface area contributed by atoms with Gasteiger partial charge in [-0.15, -0.1) is 5.10 Å². The largest absolute Gasteiger partial charge is 0.327 e. The highest BCUT2D eigenvalue weighted by Crippen LogP contribution is 2.11. The van der Waals surface area contributed by atoms with Crippen LogP contribution in [0, 0.1) is 0 Å². The van der Waals surface area contributed by atoms with Crippen LogP contribution in [0.2, 0.25) is 5.02 Å². The summed E-state index contributed by atoms with van der Waals surface area (Å²) >= 11 is 5.83. The Morgan fingerprint density at radius 2 is 2.00 bits per heavy atom. The van der Waals surface area contributed by atoms with E-state index in [2.05, 4.69) is 10.3 Å². The number of hydrogen-bond acceptors (Lipinski definition) is 3. The van der Waals surface area contributed by atoms with E-state index < -0.39 is 0 Å². The van der Waals surface area contributed by atoms with Crippen LogP contribution >= 0.6 is 11.6 Å². The first kappa shape index (κ1) is 12.1. The SMILES string of the molecule is Cn1cc(CC(N)Cc2ccc(Cl)cc2)nn1. The third-order valence-corrected chi connectivity index (χ3v) is 2.78. The topological polar surface area (TPSA) is 56.7 Å². The van der Waals surface area contributed by atoms with Gasteiger partial charge < -0.3 is 5.73 Å².